The Balaban J connectivity index is 2.54. The fraction of sp³-hybridized carbons (Fsp3) is 1.00. The molecule has 0 bridgehead atoms. The molecule has 0 N–H and O–H groups in total. The summed E-state index contributed by atoms with van der Waals surface area (Å²) in [5, 5.41) is 0. The summed E-state index contributed by atoms with van der Waals surface area (Å²) < 4.78 is 0. The van der Waals surface area contributed by atoms with E-state index in [1.54, 1.807) is 0 Å². The fourth-order valence-electron chi connectivity index (χ4n) is 0. The smallest absolute Gasteiger partial charge is 0.277 e. The fourth-order valence-corrected chi connectivity index (χ4v) is 0. The molecule has 0 spiro atoms. The number of rotatable bonds is 1. The number of hydrogen-bond acceptors (Lipinski definition) is 0. The lowest BCUT2D eigenvalue weighted by Gasteiger charge is -1.90. The molecule has 0 amide bonds. The van der Waals surface area contributed by atoms with Crippen LogP contribution in [-0.2, 0) is 10.7 Å². The Kier molecular flexibility index (Phi) is 3.33. The standard InChI is InChI=1S/C2H8BClS/c1-5(2)3-4/h3H2,1-2H3. The Hall–Kier alpha value is 0.705. The van der Waals surface area contributed by atoms with Crippen molar-refractivity contribution >= 4 is 28.2 Å². The largest absolute Gasteiger partial charge is 0.329 e. The molecular weight excluding hydrogens is 102 g/mol. The normalized spacial score (nSPS) is 9.60. The molecule has 0 radical (unpaired) electrons. The van der Waals surface area contributed by atoms with Gasteiger partial charge in [-0.3, -0.25) is 0 Å². The summed E-state index contributed by atoms with van der Waals surface area (Å²) in [4.78, 5) is 0. The first-order valence-electron chi connectivity index (χ1n) is 1.60. The lowest BCUT2D eigenvalue weighted by atomic mass is 10.7. The highest BCUT2D eigenvalue weighted by molar-refractivity contribution is 8.22. The van der Waals surface area contributed by atoms with Crippen LogP contribution in [0.2, 0.25) is 0 Å². The molecule has 0 saturated heterocycles. The highest BCUT2D eigenvalue weighted by Gasteiger charge is 1.83. The van der Waals surface area contributed by atoms with E-state index in [2.05, 4.69) is 12.5 Å². The first-order chi connectivity index (χ1) is 2.27. The third kappa shape index (κ3) is 4.70. The molecule has 0 aliphatic carbocycles. The van der Waals surface area contributed by atoms with Crippen LogP contribution in [0.4, 0.5) is 0 Å². The van der Waals surface area contributed by atoms with Gasteiger partial charge in [0.05, 0.1) is 12.5 Å². The van der Waals surface area contributed by atoms with Gasteiger partial charge >= 0.3 is 0 Å². The van der Waals surface area contributed by atoms with Gasteiger partial charge in [0.25, 0.3) is 5.97 Å². The third-order valence-electron chi connectivity index (χ3n) is 0.309. The molecule has 0 saturated carbocycles. The maximum Gasteiger partial charge on any atom is 0.277 e. The van der Waals surface area contributed by atoms with Gasteiger partial charge in [-0.1, -0.05) is 0 Å². The van der Waals surface area contributed by atoms with Crippen molar-refractivity contribution in [2.24, 2.45) is 0 Å². The molecular formula is C2H8BClS. The van der Waals surface area contributed by atoms with Crippen molar-refractivity contribution in [1.82, 2.24) is 0 Å². The Morgan fingerprint density at radius 2 is 1.80 bits per heavy atom. The van der Waals surface area contributed by atoms with Crippen molar-refractivity contribution in [3.05, 3.63) is 0 Å². The van der Waals surface area contributed by atoms with Crippen LogP contribution in [0, 0.1) is 0 Å². The van der Waals surface area contributed by atoms with E-state index >= 15 is 0 Å². The van der Waals surface area contributed by atoms with E-state index in [0.29, 0.717) is 10.7 Å². The maximum atomic E-state index is 5.47. The van der Waals surface area contributed by atoms with Crippen LogP contribution < -0.4 is 0 Å². The van der Waals surface area contributed by atoms with E-state index in [4.69, 9.17) is 11.5 Å². The molecule has 32 valence electrons. The topological polar surface area (TPSA) is 0 Å². The zero-order chi connectivity index (χ0) is 4.28. The summed E-state index contributed by atoms with van der Waals surface area (Å²) in [5.41, 5.74) is 0. The van der Waals surface area contributed by atoms with Crippen molar-refractivity contribution in [3.8, 4) is 0 Å². The molecule has 0 aliphatic rings. The summed E-state index contributed by atoms with van der Waals surface area (Å²) in [5.74, 6) is -0.0556. The number of hydrogen-bond donors (Lipinski definition) is 0. The first kappa shape index (κ1) is 5.70. The van der Waals surface area contributed by atoms with Gasteiger partial charge in [-0.2, -0.15) is 0 Å². The SMILES string of the molecule is C[S+](C)[BH2-]Cl. The Bertz CT molecular complexity index is 23.6. The van der Waals surface area contributed by atoms with Crippen LogP contribution >= 0.6 is 11.5 Å². The molecule has 0 unspecified atom stereocenters. The highest BCUT2D eigenvalue weighted by Crippen LogP contribution is 1.79. The molecule has 0 atom stereocenters. The number of halogens is 1. The van der Waals surface area contributed by atoms with Crippen molar-refractivity contribution in [3.63, 3.8) is 0 Å². The third-order valence-corrected chi connectivity index (χ3v) is 2.78. The van der Waals surface area contributed by atoms with Gasteiger partial charge in [-0.05, 0) is 0 Å². The van der Waals surface area contributed by atoms with Crippen LogP contribution in [0.15, 0.2) is 0 Å². The van der Waals surface area contributed by atoms with Crippen molar-refractivity contribution in [1.29, 1.82) is 0 Å². The van der Waals surface area contributed by atoms with E-state index in [0.717, 1.165) is 0 Å². The van der Waals surface area contributed by atoms with Gasteiger partial charge in [-0.15, -0.1) is 0 Å². The summed E-state index contributed by atoms with van der Waals surface area (Å²) in [6.45, 7) is 0. The van der Waals surface area contributed by atoms with Gasteiger partial charge in [0, 0.05) is 0 Å². The average molecular weight is 110 g/mol. The second-order valence-electron chi connectivity index (χ2n) is 1.38. The predicted molar refractivity (Wildman–Crippen MR) is 33.6 cm³/mol. The Morgan fingerprint density at radius 1 is 1.60 bits per heavy atom. The van der Waals surface area contributed by atoms with Crippen LogP contribution in [0.5, 0.6) is 0 Å². The van der Waals surface area contributed by atoms with Gasteiger partial charge in [0.15, 0.2) is 0 Å². The van der Waals surface area contributed by atoms with Crippen LogP contribution in [0.3, 0.4) is 0 Å². The summed E-state index contributed by atoms with van der Waals surface area (Å²) in [7, 11) is 0.568. The highest BCUT2D eigenvalue weighted by atomic mass is 35.5. The van der Waals surface area contributed by atoms with E-state index in [1.807, 2.05) is 0 Å². The molecule has 0 aliphatic heterocycles. The molecule has 0 nitrogen and oxygen atoms in total. The van der Waals surface area contributed by atoms with E-state index in [9.17, 15) is 0 Å². The van der Waals surface area contributed by atoms with Gasteiger partial charge in [-0.25, -0.2) is 10.7 Å². The second kappa shape index (κ2) is 2.92. The molecule has 3 heteroatoms. The van der Waals surface area contributed by atoms with E-state index < -0.39 is 0 Å². The molecule has 0 aromatic carbocycles. The van der Waals surface area contributed by atoms with Gasteiger partial charge in [0.2, 0.25) is 0 Å². The van der Waals surface area contributed by atoms with Gasteiger partial charge in [0.1, 0.15) is 0 Å². The van der Waals surface area contributed by atoms with E-state index in [1.165, 1.54) is 0 Å². The minimum Gasteiger partial charge on any atom is -0.329 e. The molecule has 0 heterocycles. The maximum absolute atomic E-state index is 5.47. The zero-order valence-electron chi connectivity index (χ0n) is 3.79. The summed E-state index contributed by atoms with van der Waals surface area (Å²) in [6.07, 6.45) is 4.35. The van der Waals surface area contributed by atoms with Gasteiger partial charge < -0.3 is 11.5 Å². The summed E-state index contributed by atoms with van der Waals surface area (Å²) in [6, 6.07) is 0. The quantitative estimate of drug-likeness (QED) is 0.332. The molecule has 0 fully saturated rings. The molecule has 5 heavy (non-hydrogen) atoms. The van der Waals surface area contributed by atoms with Crippen LogP contribution in [0.25, 0.3) is 0 Å². The lowest BCUT2D eigenvalue weighted by molar-refractivity contribution is 2.33. The predicted octanol–water partition coefficient (Wildman–Crippen LogP) is 0.102. The monoisotopic (exact) mass is 110 g/mol. The van der Waals surface area contributed by atoms with Crippen molar-refractivity contribution in [2.75, 3.05) is 12.5 Å². The lowest BCUT2D eigenvalue weighted by Crippen LogP contribution is -1.96. The van der Waals surface area contributed by atoms with Crippen molar-refractivity contribution < 1.29 is 0 Å². The Morgan fingerprint density at radius 3 is 1.80 bits per heavy atom. The molecule has 0 rings (SSSR count). The Labute approximate surface area is 41.3 Å². The molecule has 0 aromatic rings. The zero-order valence-corrected chi connectivity index (χ0v) is 5.36. The second-order valence-corrected chi connectivity index (χ2v) is 5.06. The average Bonchev–Trinajstić information content (AvgIpc) is 1.38. The van der Waals surface area contributed by atoms with Crippen LogP contribution in [-0.4, -0.2) is 18.5 Å². The molecule has 0 aromatic heterocycles. The van der Waals surface area contributed by atoms with E-state index in [-0.39, 0.29) is 5.97 Å². The minimum atomic E-state index is -0.0556. The van der Waals surface area contributed by atoms with Crippen LogP contribution in [0.1, 0.15) is 0 Å². The summed E-state index contributed by atoms with van der Waals surface area (Å²) >= 11 is 5.47. The minimum absolute atomic E-state index is 0.0556. The van der Waals surface area contributed by atoms with Crippen molar-refractivity contribution in [2.45, 2.75) is 0 Å². The first-order valence-corrected chi connectivity index (χ1v) is 4.81.